The summed E-state index contributed by atoms with van der Waals surface area (Å²) < 4.78 is 10.3. The Labute approximate surface area is 138 Å². The lowest BCUT2D eigenvalue weighted by atomic mass is 10.1. The fourth-order valence-corrected chi connectivity index (χ4v) is 2.65. The van der Waals surface area contributed by atoms with Crippen LogP contribution in [0.15, 0.2) is 24.3 Å². The number of nitrogens with zero attached hydrogens (tertiary/aromatic N) is 2. The van der Waals surface area contributed by atoms with Crippen molar-refractivity contribution in [3.8, 4) is 5.75 Å². The van der Waals surface area contributed by atoms with Crippen LogP contribution in [0.2, 0.25) is 0 Å². The van der Waals surface area contributed by atoms with Gasteiger partial charge in [-0.1, -0.05) is 12.1 Å². The van der Waals surface area contributed by atoms with Gasteiger partial charge in [-0.2, -0.15) is 0 Å². The molecule has 1 N–H and O–H groups in total. The molecule has 1 fully saturated rings. The number of hydrogen-bond acceptors (Lipinski definition) is 4. The highest BCUT2D eigenvalue weighted by Gasteiger charge is 2.20. The summed E-state index contributed by atoms with van der Waals surface area (Å²) in [7, 11) is 3.37. The van der Waals surface area contributed by atoms with Crippen LogP contribution in [0, 0.1) is 0 Å². The molecule has 1 saturated heterocycles. The van der Waals surface area contributed by atoms with Gasteiger partial charge in [0.15, 0.2) is 0 Å². The molecule has 0 saturated carbocycles. The second-order valence-electron chi connectivity index (χ2n) is 5.65. The molecule has 6 heteroatoms. The molecule has 1 aromatic carbocycles. The van der Waals surface area contributed by atoms with Crippen LogP contribution in [0.25, 0.3) is 0 Å². The van der Waals surface area contributed by atoms with Crippen molar-refractivity contribution in [1.82, 2.24) is 15.1 Å². The van der Waals surface area contributed by atoms with Gasteiger partial charge in [0.25, 0.3) is 0 Å². The van der Waals surface area contributed by atoms with E-state index in [4.69, 9.17) is 9.47 Å². The molecule has 1 heterocycles. The van der Waals surface area contributed by atoms with E-state index in [0.29, 0.717) is 6.54 Å². The fourth-order valence-electron chi connectivity index (χ4n) is 2.65. The first-order chi connectivity index (χ1) is 11.2. The van der Waals surface area contributed by atoms with Crippen molar-refractivity contribution in [2.75, 3.05) is 60.1 Å². The summed E-state index contributed by atoms with van der Waals surface area (Å²) in [6.45, 7) is 5.67. The molecular formula is C17H27N3O3. The normalized spacial score (nSPS) is 15.5. The maximum absolute atomic E-state index is 12.2. The Morgan fingerprint density at radius 3 is 2.70 bits per heavy atom. The van der Waals surface area contributed by atoms with Crippen molar-refractivity contribution >= 4 is 6.03 Å². The molecule has 0 aromatic heterocycles. The topological polar surface area (TPSA) is 54.0 Å². The average molecular weight is 321 g/mol. The number of piperazine rings is 1. The number of carbonyl (C=O) groups excluding carboxylic acids is 1. The molecule has 0 unspecified atom stereocenters. The van der Waals surface area contributed by atoms with Gasteiger partial charge in [-0.05, 0) is 24.1 Å². The van der Waals surface area contributed by atoms with Crippen molar-refractivity contribution in [3.63, 3.8) is 0 Å². The second-order valence-corrected chi connectivity index (χ2v) is 5.65. The van der Waals surface area contributed by atoms with E-state index in [1.165, 1.54) is 0 Å². The highest BCUT2D eigenvalue weighted by atomic mass is 16.5. The number of nitrogens with one attached hydrogen (secondary N) is 1. The highest BCUT2D eigenvalue weighted by Crippen LogP contribution is 2.12. The number of hydrogen-bond donors (Lipinski definition) is 1. The van der Waals surface area contributed by atoms with E-state index in [1.54, 1.807) is 14.2 Å². The summed E-state index contributed by atoms with van der Waals surface area (Å²) in [6, 6.07) is 7.96. The van der Waals surface area contributed by atoms with E-state index < -0.39 is 0 Å². The number of methoxy groups -OCH3 is 2. The van der Waals surface area contributed by atoms with Crippen molar-refractivity contribution in [3.05, 3.63) is 29.8 Å². The van der Waals surface area contributed by atoms with Crippen LogP contribution in [0.4, 0.5) is 4.79 Å². The van der Waals surface area contributed by atoms with Crippen LogP contribution in [-0.2, 0) is 11.2 Å². The molecular weight excluding hydrogens is 294 g/mol. The zero-order chi connectivity index (χ0) is 16.5. The van der Waals surface area contributed by atoms with Crippen molar-refractivity contribution < 1.29 is 14.3 Å². The smallest absolute Gasteiger partial charge is 0.317 e. The summed E-state index contributed by atoms with van der Waals surface area (Å²) in [6.07, 6.45) is 0.802. The van der Waals surface area contributed by atoms with Crippen LogP contribution in [0.3, 0.4) is 0 Å². The highest BCUT2D eigenvalue weighted by molar-refractivity contribution is 5.74. The van der Waals surface area contributed by atoms with E-state index in [1.807, 2.05) is 29.2 Å². The number of amides is 2. The molecule has 1 aliphatic rings. The van der Waals surface area contributed by atoms with E-state index >= 15 is 0 Å². The third kappa shape index (κ3) is 5.73. The summed E-state index contributed by atoms with van der Waals surface area (Å²) in [4.78, 5) is 16.4. The van der Waals surface area contributed by atoms with Gasteiger partial charge >= 0.3 is 6.03 Å². The zero-order valence-corrected chi connectivity index (χ0v) is 14.1. The summed E-state index contributed by atoms with van der Waals surface area (Å²) >= 11 is 0. The molecule has 0 aliphatic carbocycles. The zero-order valence-electron chi connectivity index (χ0n) is 14.1. The van der Waals surface area contributed by atoms with Crippen molar-refractivity contribution in [1.29, 1.82) is 0 Å². The molecule has 2 amide bonds. The Morgan fingerprint density at radius 2 is 2.00 bits per heavy atom. The maximum atomic E-state index is 12.2. The van der Waals surface area contributed by atoms with E-state index in [0.717, 1.165) is 57.1 Å². The molecule has 0 bridgehead atoms. The number of urea groups is 1. The minimum Gasteiger partial charge on any atom is -0.497 e. The van der Waals surface area contributed by atoms with Gasteiger partial charge < -0.3 is 19.7 Å². The lowest BCUT2D eigenvalue weighted by molar-refractivity contribution is 0.106. The van der Waals surface area contributed by atoms with Crippen molar-refractivity contribution in [2.24, 2.45) is 0 Å². The Balaban J connectivity index is 1.67. The summed E-state index contributed by atoms with van der Waals surface area (Å²) in [5.41, 5.74) is 1.16. The van der Waals surface area contributed by atoms with Crippen LogP contribution < -0.4 is 10.1 Å². The first-order valence-electron chi connectivity index (χ1n) is 8.10. The molecule has 6 nitrogen and oxygen atoms in total. The number of rotatable bonds is 7. The predicted octanol–water partition coefficient (Wildman–Crippen LogP) is 1.21. The maximum Gasteiger partial charge on any atom is 0.317 e. The SMILES string of the molecule is COCCN1CCN(C(=O)NCCc2cccc(OC)c2)CC1. The summed E-state index contributed by atoms with van der Waals surface area (Å²) in [5, 5.41) is 3.00. The van der Waals surface area contributed by atoms with Crippen LogP contribution >= 0.6 is 0 Å². The first-order valence-corrected chi connectivity index (χ1v) is 8.10. The van der Waals surface area contributed by atoms with Gasteiger partial charge in [-0.3, -0.25) is 4.90 Å². The molecule has 2 rings (SSSR count). The van der Waals surface area contributed by atoms with E-state index in [2.05, 4.69) is 10.2 Å². The predicted molar refractivity (Wildman–Crippen MR) is 90.0 cm³/mol. The molecule has 1 aromatic rings. The van der Waals surface area contributed by atoms with Gasteiger partial charge in [0.2, 0.25) is 0 Å². The number of benzene rings is 1. The van der Waals surface area contributed by atoms with Gasteiger partial charge in [0, 0.05) is 46.4 Å². The minimum atomic E-state index is 0.0271. The lowest BCUT2D eigenvalue weighted by Crippen LogP contribution is -2.52. The van der Waals surface area contributed by atoms with Gasteiger partial charge in [-0.15, -0.1) is 0 Å². The second kappa shape index (κ2) is 9.37. The molecule has 0 spiro atoms. The Bertz CT molecular complexity index is 488. The van der Waals surface area contributed by atoms with Crippen LogP contribution in [0.1, 0.15) is 5.56 Å². The third-order valence-electron chi connectivity index (χ3n) is 4.10. The van der Waals surface area contributed by atoms with Crippen molar-refractivity contribution in [2.45, 2.75) is 6.42 Å². The lowest BCUT2D eigenvalue weighted by Gasteiger charge is -2.34. The van der Waals surface area contributed by atoms with Crippen LogP contribution in [-0.4, -0.2) is 75.9 Å². The standard InChI is InChI=1S/C17H27N3O3/c1-22-13-12-19-8-10-20(11-9-19)17(21)18-7-6-15-4-3-5-16(14-15)23-2/h3-5,14H,6-13H2,1-2H3,(H,18,21). The van der Waals surface area contributed by atoms with Crippen LogP contribution in [0.5, 0.6) is 5.75 Å². The van der Waals surface area contributed by atoms with Gasteiger partial charge in [0.1, 0.15) is 5.75 Å². The largest absolute Gasteiger partial charge is 0.497 e. The molecule has 23 heavy (non-hydrogen) atoms. The Kier molecular flexibility index (Phi) is 7.16. The minimum absolute atomic E-state index is 0.0271. The quantitative estimate of drug-likeness (QED) is 0.820. The molecule has 0 atom stereocenters. The van der Waals surface area contributed by atoms with Gasteiger partial charge in [0.05, 0.1) is 13.7 Å². The van der Waals surface area contributed by atoms with Gasteiger partial charge in [-0.25, -0.2) is 4.79 Å². The molecule has 1 aliphatic heterocycles. The third-order valence-corrected chi connectivity index (χ3v) is 4.10. The monoisotopic (exact) mass is 321 g/mol. The van der Waals surface area contributed by atoms with E-state index in [9.17, 15) is 4.79 Å². The number of carbonyl (C=O) groups is 1. The first kappa shape index (κ1) is 17.6. The Morgan fingerprint density at radius 1 is 1.22 bits per heavy atom. The molecule has 0 radical (unpaired) electrons. The van der Waals surface area contributed by atoms with E-state index in [-0.39, 0.29) is 6.03 Å². The number of ether oxygens (including phenoxy) is 2. The Hall–Kier alpha value is -1.79. The average Bonchev–Trinajstić information content (AvgIpc) is 2.60. The fraction of sp³-hybridized carbons (Fsp3) is 0.588. The summed E-state index contributed by atoms with van der Waals surface area (Å²) in [5.74, 6) is 0.848. The molecule has 128 valence electrons.